The molecule has 0 aromatic rings. The third kappa shape index (κ3) is 1.04. The topological polar surface area (TPSA) is 37.3 Å². The van der Waals surface area contributed by atoms with E-state index in [1.807, 2.05) is 0 Å². The fraction of sp³-hybridized carbons (Fsp3) is 0.800. The molecule has 2 heteroatoms. The smallest absolute Gasteiger partial charge is 0.165 e. The van der Waals surface area contributed by atoms with Crippen molar-refractivity contribution in [2.75, 3.05) is 0 Å². The van der Waals surface area contributed by atoms with Gasteiger partial charge < -0.3 is 5.11 Å². The second-order valence-corrected chi connectivity index (χ2v) is 7.31. The highest BCUT2D eigenvalue weighted by atomic mass is 16.3. The lowest BCUT2D eigenvalue weighted by Crippen LogP contribution is -2.41. The Hall–Kier alpha value is -0.630. The van der Waals surface area contributed by atoms with E-state index in [9.17, 15) is 9.90 Å². The van der Waals surface area contributed by atoms with E-state index in [1.54, 1.807) is 0 Å². The van der Waals surface area contributed by atoms with Gasteiger partial charge in [0.1, 0.15) is 0 Å². The number of aliphatic hydroxyl groups is 1. The van der Waals surface area contributed by atoms with Crippen molar-refractivity contribution in [3.63, 3.8) is 0 Å². The number of Topliss-reactive ketones (excluding diaryl/α,β-unsaturated/α-hetero) is 1. The van der Waals surface area contributed by atoms with Crippen LogP contribution < -0.4 is 0 Å². The van der Waals surface area contributed by atoms with Crippen LogP contribution in [-0.2, 0) is 4.79 Å². The predicted molar refractivity (Wildman–Crippen MR) is 66.5 cm³/mol. The summed E-state index contributed by atoms with van der Waals surface area (Å²) in [5.41, 5.74) is 1.59. The highest BCUT2D eigenvalue weighted by Crippen LogP contribution is 2.68. The van der Waals surface area contributed by atoms with Crippen molar-refractivity contribution in [1.82, 2.24) is 0 Å². The zero-order valence-corrected chi connectivity index (χ0v) is 11.3. The first-order valence-electron chi connectivity index (χ1n) is 6.70. The molecule has 2 nitrogen and oxygen atoms in total. The molecule has 0 spiro atoms. The standard InChI is InChI=1S/C15H22O2/c1-13(2)8-9-10(12(13)17)14(3)6-5-7-15(14,4)11(9)16/h12,17H,5-8H2,1-4H3/t12-,14+,15-/m0/s1. The maximum Gasteiger partial charge on any atom is 0.165 e. The molecule has 0 unspecified atom stereocenters. The SMILES string of the molecule is CC1(C)CC2=C([C@@H]1O)[C@@]1(C)CCC[C@@]1(C)C2=O. The van der Waals surface area contributed by atoms with Crippen molar-refractivity contribution in [2.24, 2.45) is 16.2 Å². The Morgan fingerprint density at radius 1 is 1.12 bits per heavy atom. The lowest BCUT2D eigenvalue weighted by Gasteiger charge is -2.40. The molecule has 3 rings (SSSR count). The van der Waals surface area contributed by atoms with Gasteiger partial charge in [-0.25, -0.2) is 0 Å². The van der Waals surface area contributed by atoms with Gasteiger partial charge in [0.25, 0.3) is 0 Å². The summed E-state index contributed by atoms with van der Waals surface area (Å²) in [4.78, 5) is 12.7. The molecule has 1 N–H and O–H groups in total. The van der Waals surface area contributed by atoms with E-state index in [-0.39, 0.29) is 16.2 Å². The molecule has 17 heavy (non-hydrogen) atoms. The quantitative estimate of drug-likeness (QED) is 0.699. The minimum Gasteiger partial charge on any atom is -0.388 e. The van der Waals surface area contributed by atoms with Crippen molar-refractivity contribution < 1.29 is 9.90 Å². The first kappa shape index (κ1) is 11.5. The fourth-order valence-corrected chi connectivity index (χ4v) is 4.52. The third-order valence-electron chi connectivity index (χ3n) is 5.91. The molecule has 0 aromatic carbocycles. The Labute approximate surface area is 103 Å². The van der Waals surface area contributed by atoms with E-state index in [4.69, 9.17) is 0 Å². The Bertz CT molecular complexity index is 446. The number of hydrogen-bond donors (Lipinski definition) is 1. The minimum atomic E-state index is -0.425. The van der Waals surface area contributed by atoms with Gasteiger partial charge in [-0.2, -0.15) is 0 Å². The van der Waals surface area contributed by atoms with Gasteiger partial charge in [-0.3, -0.25) is 4.79 Å². The minimum absolute atomic E-state index is 0.0768. The van der Waals surface area contributed by atoms with Crippen LogP contribution in [0.25, 0.3) is 0 Å². The number of aliphatic hydroxyl groups excluding tert-OH is 1. The predicted octanol–water partition coefficient (Wildman–Crippen LogP) is 2.85. The van der Waals surface area contributed by atoms with Gasteiger partial charge in [-0.15, -0.1) is 0 Å². The molecule has 0 radical (unpaired) electrons. The van der Waals surface area contributed by atoms with Gasteiger partial charge in [0.15, 0.2) is 5.78 Å². The molecule has 0 bridgehead atoms. The normalized spacial score (nSPS) is 47.6. The Morgan fingerprint density at radius 3 is 2.35 bits per heavy atom. The zero-order valence-electron chi connectivity index (χ0n) is 11.3. The summed E-state index contributed by atoms with van der Waals surface area (Å²) in [5.74, 6) is 0.331. The first-order valence-corrected chi connectivity index (χ1v) is 6.70. The lowest BCUT2D eigenvalue weighted by molar-refractivity contribution is -0.126. The van der Waals surface area contributed by atoms with E-state index >= 15 is 0 Å². The van der Waals surface area contributed by atoms with Gasteiger partial charge >= 0.3 is 0 Å². The zero-order chi connectivity index (χ0) is 12.6. The van der Waals surface area contributed by atoms with Crippen LogP contribution in [0.3, 0.4) is 0 Å². The molecule has 0 saturated heterocycles. The number of hydrogen-bond acceptors (Lipinski definition) is 2. The molecule has 3 aliphatic carbocycles. The summed E-state index contributed by atoms with van der Waals surface area (Å²) in [5, 5.41) is 10.6. The monoisotopic (exact) mass is 234 g/mol. The third-order valence-corrected chi connectivity index (χ3v) is 5.91. The maximum absolute atomic E-state index is 12.7. The van der Waals surface area contributed by atoms with E-state index in [0.717, 1.165) is 36.8 Å². The second-order valence-electron chi connectivity index (χ2n) is 7.31. The summed E-state index contributed by atoms with van der Waals surface area (Å²) in [7, 11) is 0. The number of carbonyl (C=O) groups is 1. The van der Waals surface area contributed by atoms with Crippen LogP contribution in [0.4, 0.5) is 0 Å². The van der Waals surface area contributed by atoms with Crippen molar-refractivity contribution in [1.29, 1.82) is 0 Å². The van der Waals surface area contributed by atoms with Crippen LogP contribution in [-0.4, -0.2) is 17.0 Å². The molecule has 3 atom stereocenters. The Kier molecular flexibility index (Phi) is 1.92. The second kappa shape index (κ2) is 2.85. The van der Waals surface area contributed by atoms with Crippen molar-refractivity contribution in [3.05, 3.63) is 11.1 Å². The van der Waals surface area contributed by atoms with Gasteiger partial charge in [0.2, 0.25) is 0 Å². The maximum atomic E-state index is 12.7. The van der Waals surface area contributed by atoms with E-state index in [1.165, 1.54) is 0 Å². The number of carbonyl (C=O) groups excluding carboxylic acids is 1. The molecule has 0 aromatic heterocycles. The highest BCUT2D eigenvalue weighted by Gasteiger charge is 2.65. The summed E-state index contributed by atoms with van der Waals surface area (Å²) < 4.78 is 0. The lowest BCUT2D eigenvalue weighted by atomic mass is 9.63. The largest absolute Gasteiger partial charge is 0.388 e. The number of allylic oxidation sites excluding steroid dienone is 1. The van der Waals surface area contributed by atoms with Gasteiger partial charge in [-0.1, -0.05) is 34.1 Å². The highest BCUT2D eigenvalue weighted by molar-refractivity contribution is 6.05. The summed E-state index contributed by atoms with van der Waals surface area (Å²) in [6, 6.07) is 0. The van der Waals surface area contributed by atoms with Crippen molar-refractivity contribution in [2.45, 2.75) is 59.5 Å². The van der Waals surface area contributed by atoms with Crippen LogP contribution in [0.1, 0.15) is 53.4 Å². The summed E-state index contributed by atoms with van der Waals surface area (Å²) in [6.07, 6.45) is 3.49. The molecule has 1 saturated carbocycles. The van der Waals surface area contributed by atoms with E-state index in [0.29, 0.717) is 5.78 Å². The van der Waals surface area contributed by atoms with Crippen LogP contribution in [0.15, 0.2) is 11.1 Å². The molecule has 1 fully saturated rings. The Balaban J connectivity index is 2.17. The van der Waals surface area contributed by atoms with Crippen molar-refractivity contribution >= 4 is 5.78 Å². The first-order chi connectivity index (χ1) is 7.74. The summed E-state index contributed by atoms with van der Waals surface area (Å²) >= 11 is 0. The molecule has 0 heterocycles. The van der Waals surface area contributed by atoms with E-state index in [2.05, 4.69) is 27.7 Å². The average molecular weight is 234 g/mol. The molecular weight excluding hydrogens is 212 g/mol. The van der Waals surface area contributed by atoms with Gasteiger partial charge in [0, 0.05) is 10.8 Å². The molecular formula is C15H22O2. The molecule has 94 valence electrons. The number of fused-ring (bicyclic) bond motifs is 2. The fourth-order valence-electron chi connectivity index (χ4n) is 4.52. The van der Waals surface area contributed by atoms with Crippen LogP contribution in [0, 0.1) is 16.2 Å². The van der Waals surface area contributed by atoms with Crippen LogP contribution >= 0.6 is 0 Å². The summed E-state index contributed by atoms with van der Waals surface area (Å²) in [6.45, 7) is 8.45. The molecule has 3 aliphatic rings. The van der Waals surface area contributed by atoms with Gasteiger partial charge in [0.05, 0.1) is 6.10 Å². The van der Waals surface area contributed by atoms with Gasteiger partial charge in [-0.05, 0) is 35.8 Å². The molecule has 0 aliphatic heterocycles. The van der Waals surface area contributed by atoms with Crippen molar-refractivity contribution in [3.8, 4) is 0 Å². The molecule has 0 amide bonds. The number of rotatable bonds is 0. The average Bonchev–Trinajstić information content (AvgIpc) is 2.70. The Morgan fingerprint density at radius 2 is 1.71 bits per heavy atom. The van der Waals surface area contributed by atoms with E-state index < -0.39 is 6.10 Å². The van der Waals surface area contributed by atoms with Crippen LogP contribution in [0.2, 0.25) is 0 Å². The number of ketones is 1. The van der Waals surface area contributed by atoms with Crippen LogP contribution in [0.5, 0.6) is 0 Å².